The Bertz CT molecular complexity index is 1260. The van der Waals surface area contributed by atoms with Gasteiger partial charge in [-0.3, -0.25) is 4.79 Å². The lowest BCUT2D eigenvalue weighted by Gasteiger charge is -2.09. The molecule has 29 heavy (non-hydrogen) atoms. The molecule has 0 aliphatic carbocycles. The monoisotopic (exact) mass is 405 g/mol. The van der Waals surface area contributed by atoms with Gasteiger partial charge >= 0.3 is 6.18 Å². The van der Waals surface area contributed by atoms with Gasteiger partial charge in [0, 0.05) is 35.8 Å². The third-order valence-corrected chi connectivity index (χ3v) is 4.53. The molecule has 0 unspecified atom stereocenters. The van der Waals surface area contributed by atoms with Crippen LogP contribution in [0.4, 0.5) is 22.0 Å². The Morgan fingerprint density at radius 1 is 1.00 bits per heavy atom. The molecule has 0 saturated carbocycles. The summed E-state index contributed by atoms with van der Waals surface area (Å²) in [5.74, 6) is -2.09. The van der Waals surface area contributed by atoms with Gasteiger partial charge in [0.1, 0.15) is 0 Å². The van der Waals surface area contributed by atoms with E-state index in [0.717, 1.165) is 28.9 Å². The van der Waals surface area contributed by atoms with E-state index in [0.29, 0.717) is 11.1 Å². The lowest BCUT2D eigenvalue weighted by atomic mass is 10.0. The van der Waals surface area contributed by atoms with E-state index < -0.39 is 28.9 Å². The van der Waals surface area contributed by atoms with Gasteiger partial charge in [-0.1, -0.05) is 12.1 Å². The van der Waals surface area contributed by atoms with Crippen LogP contribution in [0.25, 0.3) is 16.6 Å². The highest BCUT2D eigenvalue weighted by atomic mass is 19.4. The number of nitrogens with one attached hydrogen (secondary N) is 1. The molecule has 0 fully saturated rings. The van der Waals surface area contributed by atoms with Gasteiger partial charge in [0.25, 0.3) is 5.56 Å². The molecule has 4 rings (SSSR count). The fourth-order valence-corrected chi connectivity index (χ4v) is 3.06. The average molecular weight is 405 g/mol. The number of halogens is 5. The molecule has 0 saturated heterocycles. The predicted molar refractivity (Wildman–Crippen MR) is 95.9 cm³/mol. The number of H-pyrrole nitrogens is 1. The van der Waals surface area contributed by atoms with E-state index in [4.69, 9.17) is 0 Å². The Hall–Kier alpha value is -3.49. The standard InChI is InChI=1S/C20H12F5N3O/c21-15-8-14-17(9-16(15)22)26-10-18(14)28-19(29)12(5-6-27-28)7-11-1-3-13(4-2-11)20(23,24)25/h1-6,8-10,26H,7H2. The molecule has 0 aliphatic rings. The number of hydrogen-bond donors (Lipinski definition) is 1. The van der Waals surface area contributed by atoms with Crippen LogP contribution in [-0.2, 0) is 12.6 Å². The largest absolute Gasteiger partial charge is 0.416 e. The molecule has 4 aromatic rings. The molecule has 0 spiro atoms. The summed E-state index contributed by atoms with van der Waals surface area (Å²) in [6.45, 7) is 0. The molecule has 148 valence electrons. The number of alkyl halides is 3. The number of aromatic amines is 1. The second-order valence-corrected chi connectivity index (χ2v) is 6.43. The maximum Gasteiger partial charge on any atom is 0.416 e. The zero-order valence-electron chi connectivity index (χ0n) is 14.6. The molecule has 2 heterocycles. The minimum Gasteiger partial charge on any atom is -0.359 e. The van der Waals surface area contributed by atoms with Crippen LogP contribution in [0.3, 0.4) is 0 Å². The molecule has 2 aromatic carbocycles. The van der Waals surface area contributed by atoms with Gasteiger partial charge in [-0.15, -0.1) is 0 Å². The van der Waals surface area contributed by atoms with Crippen molar-refractivity contribution in [3.8, 4) is 5.69 Å². The number of rotatable bonds is 3. The van der Waals surface area contributed by atoms with Crippen LogP contribution in [0, 0.1) is 11.6 Å². The van der Waals surface area contributed by atoms with E-state index in [-0.39, 0.29) is 23.1 Å². The van der Waals surface area contributed by atoms with Crippen molar-refractivity contribution in [2.24, 2.45) is 0 Å². The highest BCUT2D eigenvalue weighted by Crippen LogP contribution is 2.29. The summed E-state index contributed by atoms with van der Waals surface area (Å²) in [6.07, 6.45) is -1.59. The molecular weight excluding hydrogens is 393 g/mol. The third kappa shape index (κ3) is 3.51. The highest BCUT2D eigenvalue weighted by Gasteiger charge is 2.29. The summed E-state index contributed by atoms with van der Waals surface area (Å²) < 4.78 is 66.1. The van der Waals surface area contributed by atoms with Crippen LogP contribution < -0.4 is 5.56 Å². The maximum atomic E-state index is 13.6. The van der Waals surface area contributed by atoms with Gasteiger partial charge in [-0.05, 0) is 29.8 Å². The molecule has 0 atom stereocenters. The van der Waals surface area contributed by atoms with Gasteiger partial charge < -0.3 is 4.98 Å². The first-order chi connectivity index (χ1) is 13.7. The third-order valence-electron chi connectivity index (χ3n) is 4.53. The SMILES string of the molecule is O=c1c(Cc2ccc(C(F)(F)F)cc2)ccnn1-c1c[nH]c2cc(F)c(F)cc12. The van der Waals surface area contributed by atoms with E-state index in [1.54, 1.807) is 0 Å². The van der Waals surface area contributed by atoms with Crippen LogP contribution in [-0.4, -0.2) is 14.8 Å². The Balaban J connectivity index is 1.72. The number of hydrogen-bond acceptors (Lipinski definition) is 2. The second kappa shape index (κ2) is 6.84. The summed E-state index contributed by atoms with van der Waals surface area (Å²) in [5, 5.41) is 4.26. The van der Waals surface area contributed by atoms with E-state index in [1.807, 2.05) is 0 Å². The Labute approximate surface area is 160 Å². The second-order valence-electron chi connectivity index (χ2n) is 6.43. The van der Waals surface area contributed by atoms with Crippen LogP contribution in [0.5, 0.6) is 0 Å². The number of aromatic nitrogens is 3. The van der Waals surface area contributed by atoms with Gasteiger partial charge in [-0.25, -0.2) is 8.78 Å². The molecule has 4 nitrogen and oxygen atoms in total. The van der Waals surface area contributed by atoms with E-state index in [1.165, 1.54) is 30.6 Å². The molecular formula is C20H12F5N3O. The predicted octanol–water partition coefficient (Wildman–Crippen LogP) is 4.60. The van der Waals surface area contributed by atoms with Crippen LogP contribution in [0.1, 0.15) is 16.7 Å². The zero-order valence-corrected chi connectivity index (χ0v) is 14.6. The smallest absolute Gasteiger partial charge is 0.359 e. The van der Waals surface area contributed by atoms with Crippen LogP contribution >= 0.6 is 0 Å². The fraction of sp³-hybridized carbons (Fsp3) is 0.100. The maximum absolute atomic E-state index is 13.6. The topological polar surface area (TPSA) is 50.7 Å². The Morgan fingerprint density at radius 3 is 2.38 bits per heavy atom. The van der Waals surface area contributed by atoms with Crippen molar-refractivity contribution >= 4 is 10.9 Å². The zero-order chi connectivity index (χ0) is 20.8. The van der Waals surface area contributed by atoms with Crippen LogP contribution in [0.2, 0.25) is 0 Å². The molecule has 2 aromatic heterocycles. The number of nitrogens with zero attached hydrogens (tertiary/aromatic N) is 2. The Kier molecular flexibility index (Phi) is 4.45. The molecule has 0 radical (unpaired) electrons. The summed E-state index contributed by atoms with van der Waals surface area (Å²) in [5.41, 5.74) is 0.0370. The fourth-order valence-electron chi connectivity index (χ4n) is 3.06. The van der Waals surface area contributed by atoms with Crippen molar-refractivity contribution in [3.63, 3.8) is 0 Å². The normalized spacial score (nSPS) is 11.9. The van der Waals surface area contributed by atoms with Gasteiger partial charge in [0.15, 0.2) is 11.6 Å². The molecule has 0 bridgehead atoms. The average Bonchev–Trinajstić information content (AvgIpc) is 3.06. The van der Waals surface area contributed by atoms with Crippen molar-refractivity contribution in [1.29, 1.82) is 0 Å². The molecule has 1 N–H and O–H groups in total. The Morgan fingerprint density at radius 2 is 1.69 bits per heavy atom. The van der Waals surface area contributed by atoms with Crippen molar-refractivity contribution < 1.29 is 22.0 Å². The summed E-state index contributed by atoms with van der Waals surface area (Å²) >= 11 is 0. The quantitative estimate of drug-likeness (QED) is 0.507. The van der Waals surface area contributed by atoms with Crippen molar-refractivity contribution in [3.05, 3.63) is 93.5 Å². The number of fused-ring (bicyclic) bond motifs is 1. The number of benzene rings is 2. The molecule has 0 amide bonds. The lowest BCUT2D eigenvalue weighted by molar-refractivity contribution is -0.137. The lowest BCUT2D eigenvalue weighted by Crippen LogP contribution is -2.24. The highest BCUT2D eigenvalue weighted by molar-refractivity contribution is 5.88. The van der Waals surface area contributed by atoms with Crippen molar-refractivity contribution in [2.75, 3.05) is 0 Å². The van der Waals surface area contributed by atoms with Gasteiger partial charge in [0.2, 0.25) is 0 Å². The first kappa shape index (κ1) is 18.9. The molecule has 9 heteroatoms. The summed E-state index contributed by atoms with van der Waals surface area (Å²) in [4.78, 5) is 15.6. The first-order valence-electron chi connectivity index (χ1n) is 8.44. The van der Waals surface area contributed by atoms with E-state index >= 15 is 0 Å². The van der Waals surface area contributed by atoms with Crippen LogP contribution in [0.15, 0.2) is 59.7 Å². The van der Waals surface area contributed by atoms with Gasteiger partial charge in [0.05, 0.1) is 16.8 Å². The van der Waals surface area contributed by atoms with E-state index in [2.05, 4.69) is 10.1 Å². The van der Waals surface area contributed by atoms with Gasteiger partial charge in [-0.2, -0.15) is 23.0 Å². The first-order valence-corrected chi connectivity index (χ1v) is 8.44. The summed E-state index contributed by atoms with van der Waals surface area (Å²) in [6, 6.07) is 7.91. The van der Waals surface area contributed by atoms with E-state index in [9.17, 15) is 26.7 Å². The summed E-state index contributed by atoms with van der Waals surface area (Å²) in [7, 11) is 0. The minimum atomic E-state index is -4.44. The molecule has 0 aliphatic heterocycles. The van der Waals surface area contributed by atoms with Crippen molar-refractivity contribution in [2.45, 2.75) is 12.6 Å². The van der Waals surface area contributed by atoms with Crippen molar-refractivity contribution in [1.82, 2.24) is 14.8 Å². The minimum absolute atomic E-state index is 0.0881.